The number of anilines is 2. The Labute approximate surface area is 125 Å². The summed E-state index contributed by atoms with van der Waals surface area (Å²) in [6.07, 6.45) is 1.10. The van der Waals surface area contributed by atoms with Crippen molar-refractivity contribution < 1.29 is 9.18 Å². The largest absolute Gasteiger partial charge is 0.360 e. The number of hydrogen-bond acceptors (Lipinski definition) is 5. The molecule has 0 spiro atoms. The van der Waals surface area contributed by atoms with Crippen molar-refractivity contribution in [3.8, 4) is 0 Å². The standard InChI is InChI=1S/C14H15FN4OS/c1-2-16-14-18-17-12(21-14)8-19-11-7-10(15)5-3-9(11)4-6-13(19)20/h3,5,7H,2,4,6,8H2,1H3,(H,16,18). The average molecular weight is 306 g/mol. The molecule has 110 valence electrons. The van der Waals surface area contributed by atoms with Gasteiger partial charge in [-0.25, -0.2) is 4.39 Å². The summed E-state index contributed by atoms with van der Waals surface area (Å²) in [5.74, 6) is -0.340. The maximum absolute atomic E-state index is 13.5. The summed E-state index contributed by atoms with van der Waals surface area (Å²) in [5.41, 5.74) is 1.64. The van der Waals surface area contributed by atoms with E-state index in [1.807, 2.05) is 6.92 Å². The highest BCUT2D eigenvalue weighted by atomic mass is 32.1. The van der Waals surface area contributed by atoms with Gasteiger partial charge in [-0.2, -0.15) is 0 Å². The van der Waals surface area contributed by atoms with Gasteiger partial charge in [-0.1, -0.05) is 17.4 Å². The number of carbonyl (C=O) groups is 1. The fraction of sp³-hybridized carbons (Fsp3) is 0.357. The molecule has 1 N–H and O–H groups in total. The van der Waals surface area contributed by atoms with E-state index in [0.717, 1.165) is 22.2 Å². The van der Waals surface area contributed by atoms with Crippen LogP contribution in [0.2, 0.25) is 0 Å². The molecule has 3 rings (SSSR count). The molecule has 1 aromatic carbocycles. The third-order valence-electron chi connectivity index (χ3n) is 3.34. The number of aromatic nitrogens is 2. The van der Waals surface area contributed by atoms with Gasteiger partial charge in [-0.3, -0.25) is 4.79 Å². The van der Waals surface area contributed by atoms with E-state index in [4.69, 9.17) is 0 Å². The van der Waals surface area contributed by atoms with E-state index < -0.39 is 0 Å². The van der Waals surface area contributed by atoms with Gasteiger partial charge in [0.2, 0.25) is 11.0 Å². The summed E-state index contributed by atoms with van der Waals surface area (Å²) >= 11 is 1.41. The van der Waals surface area contributed by atoms with Crippen LogP contribution in [0.25, 0.3) is 0 Å². The lowest BCUT2D eigenvalue weighted by Gasteiger charge is -2.28. The quantitative estimate of drug-likeness (QED) is 0.943. The monoisotopic (exact) mass is 306 g/mol. The van der Waals surface area contributed by atoms with Gasteiger partial charge in [0.15, 0.2) is 0 Å². The van der Waals surface area contributed by atoms with Gasteiger partial charge in [-0.15, -0.1) is 10.2 Å². The summed E-state index contributed by atoms with van der Waals surface area (Å²) in [6.45, 7) is 3.08. The highest BCUT2D eigenvalue weighted by Gasteiger charge is 2.25. The third-order valence-corrected chi connectivity index (χ3v) is 4.20. The van der Waals surface area contributed by atoms with Crippen molar-refractivity contribution in [2.45, 2.75) is 26.3 Å². The summed E-state index contributed by atoms with van der Waals surface area (Å²) in [6, 6.07) is 4.59. The first-order chi connectivity index (χ1) is 10.2. The number of amides is 1. The molecule has 21 heavy (non-hydrogen) atoms. The SMILES string of the molecule is CCNc1nnc(CN2C(=O)CCc3ccc(F)cc32)s1. The van der Waals surface area contributed by atoms with Crippen LogP contribution in [-0.4, -0.2) is 22.6 Å². The van der Waals surface area contributed by atoms with E-state index in [2.05, 4.69) is 15.5 Å². The maximum Gasteiger partial charge on any atom is 0.227 e. The minimum Gasteiger partial charge on any atom is -0.360 e. The number of hydrogen-bond donors (Lipinski definition) is 1. The van der Waals surface area contributed by atoms with Crippen LogP contribution < -0.4 is 10.2 Å². The number of benzene rings is 1. The first-order valence-corrected chi connectivity index (χ1v) is 7.64. The van der Waals surface area contributed by atoms with E-state index in [-0.39, 0.29) is 11.7 Å². The molecule has 0 saturated heterocycles. The minimum atomic E-state index is -0.334. The van der Waals surface area contributed by atoms with Crippen LogP contribution in [0.15, 0.2) is 18.2 Å². The molecule has 0 radical (unpaired) electrons. The van der Waals surface area contributed by atoms with Crippen molar-refractivity contribution in [2.75, 3.05) is 16.8 Å². The Morgan fingerprint density at radius 1 is 1.38 bits per heavy atom. The Bertz CT molecular complexity index is 673. The molecule has 2 heterocycles. The van der Waals surface area contributed by atoms with Gasteiger partial charge in [0, 0.05) is 13.0 Å². The molecule has 0 aliphatic carbocycles. The first-order valence-electron chi connectivity index (χ1n) is 6.82. The molecule has 0 atom stereocenters. The predicted molar refractivity (Wildman–Crippen MR) is 80.0 cm³/mol. The van der Waals surface area contributed by atoms with Gasteiger partial charge < -0.3 is 10.2 Å². The molecule has 1 aromatic heterocycles. The number of carbonyl (C=O) groups excluding carboxylic acids is 1. The van der Waals surface area contributed by atoms with Crippen LogP contribution >= 0.6 is 11.3 Å². The van der Waals surface area contributed by atoms with E-state index in [1.165, 1.54) is 23.5 Å². The summed E-state index contributed by atoms with van der Waals surface area (Å²) < 4.78 is 13.5. The molecule has 0 unspecified atom stereocenters. The van der Waals surface area contributed by atoms with Crippen LogP contribution in [0.5, 0.6) is 0 Å². The maximum atomic E-state index is 13.5. The van der Waals surface area contributed by atoms with E-state index in [0.29, 0.717) is 25.1 Å². The zero-order valence-electron chi connectivity index (χ0n) is 11.6. The van der Waals surface area contributed by atoms with Crippen LogP contribution in [0.1, 0.15) is 23.9 Å². The smallest absolute Gasteiger partial charge is 0.227 e. The highest BCUT2D eigenvalue weighted by molar-refractivity contribution is 7.15. The van der Waals surface area contributed by atoms with Crippen molar-refractivity contribution in [3.05, 3.63) is 34.6 Å². The van der Waals surface area contributed by atoms with E-state index in [1.54, 1.807) is 11.0 Å². The second-order valence-corrected chi connectivity index (χ2v) is 5.85. The Morgan fingerprint density at radius 2 is 2.24 bits per heavy atom. The van der Waals surface area contributed by atoms with Crippen molar-refractivity contribution in [1.29, 1.82) is 0 Å². The Morgan fingerprint density at radius 3 is 3.05 bits per heavy atom. The highest BCUT2D eigenvalue weighted by Crippen LogP contribution is 2.30. The second-order valence-electron chi connectivity index (χ2n) is 4.78. The topological polar surface area (TPSA) is 58.1 Å². The van der Waals surface area contributed by atoms with Crippen LogP contribution in [-0.2, 0) is 17.8 Å². The van der Waals surface area contributed by atoms with Crippen LogP contribution in [0, 0.1) is 5.82 Å². The normalized spacial score (nSPS) is 14.2. The number of nitrogens with one attached hydrogen (secondary N) is 1. The summed E-state index contributed by atoms with van der Waals surface area (Å²) in [4.78, 5) is 13.7. The summed E-state index contributed by atoms with van der Waals surface area (Å²) in [7, 11) is 0. The number of rotatable bonds is 4. The van der Waals surface area contributed by atoms with Gasteiger partial charge >= 0.3 is 0 Å². The minimum absolute atomic E-state index is 0.00620. The Hall–Kier alpha value is -2.02. The molecule has 5 nitrogen and oxygen atoms in total. The zero-order valence-corrected chi connectivity index (χ0v) is 12.4. The molecular formula is C14H15FN4OS. The average Bonchev–Trinajstić information content (AvgIpc) is 2.90. The number of halogens is 1. The lowest BCUT2D eigenvalue weighted by atomic mass is 10.0. The van der Waals surface area contributed by atoms with Gasteiger partial charge in [0.25, 0.3) is 0 Å². The molecule has 0 fully saturated rings. The molecule has 0 bridgehead atoms. The predicted octanol–water partition coefficient (Wildman–Crippen LogP) is 2.59. The molecule has 7 heteroatoms. The third kappa shape index (κ3) is 2.87. The van der Waals surface area contributed by atoms with Gasteiger partial charge in [0.1, 0.15) is 10.8 Å². The van der Waals surface area contributed by atoms with E-state index >= 15 is 0 Å². The van der Waals surface area contributed by atoms with Crippen molar-refractivity contribution >= 4 is 28.1 Å². The van der Waals surface area contributed by atoms with Crippen molar-refractivity contribution in [1.82, 2.24) is 10.2 Å². The van der Waals surface area contributed by atoms with Gasteiger partial charge in [0.05, 0.1) is 12.2 Å². The zero-order chi connectivity index (χ0) is 14.8. The van der Waals surface area contributed by atoms with E-state index in [9.17, 15) is 9.18 Å². The first kappa shape index (κ1) is 13.9. The van der Waals surface area contributed by atoms with Gasteiger partial charge in [-0.05, 0) is 31.0 Å². The molecule has 2 aromatic rings. The fourth-order valence-electron chi connectivity index (χ4n) is 2.36. The lowest BCUT2D eigenvalue weighted by Crippen LogP contribution is -2.34. The van der Waals surface area contributed by atoms with Crippen molar-refractivity contribution in [3.63, 3.8) is 0 Å². The molecule has 1 aliphatic heterocycles. The number of fused-ring (bicyclic) bond motifs is 1. The summed E-state index contributed by atoms with van der Waals surface area (Å²) in [5, 5.41) is 12.6. The lowest BCUT2D eigenvalue weighted by molar-refractivity contribution is -0.119. The number of aryl methyl sites for hydroxylation is 1. The number of nitrogens with zero attached hydrogens (tertiary/aromatic N) is 3. The molecular weight excluding hydrogens is 291 g/mol. The molecule has 1 aliphatic rings. The Balaban J connectivity index is 1.87. The van der Waals surface area contributed by atoms with Crippen molar-refractivity contribution in [2.24, 2.45) is 0 Å². The second kappa shape index (κ2) is 5.77. The molecule has 1 amide bonds. The fourth-order valence-corrected chi connectivity index (χ4v) is 3.16. The van der Waals surface area contributed by atoms with Crippen LogP contribution in [0.4, 0.5) is 15.2 Å². The Kier molecular flexibility index (Phi) is 3.83. The molecule has 0 saturated carbocycles. The van der Waals surface area contributed by atoms with Crippen LogP contribution in [0.3, 0.4) is 0 Å².